The van der Waals surface area contributed by atoms with Gasteiger partial charge in [0, 0.05) is 16.2 Å². The third-order valence-electron chi connectivity index (χ3n) is 3.12. The molecule has 1 N–H and O–H groups in total. The molecule has 1 aliphatic rings. The number of hydrogen-bond acceptors (Lipinski definition) is 3. The molecule has 1 fully saturated rings. The summed E-state index contributed by atoms with van der Waals surface area (Å²) in [5.74, 6) is 1.17. The van der Waals surface area contributed by atoms with Crippen molar-refractivity contribution in [1.82, 2.24) is 5.32 Å². The van der Waals surface area contributed by atoms with Gasteiger partial charge in [0.25, 0.3) is 0 Å². The molecule has 2 rings (SSSR count). The molecular weight excluding hydrogens is 260 g/mol. The van der Waals surface area contributed by atoms with E-state index in [2.05, 4.69) is 43.6 Å². The fourth-order valence-electron chi connectivity index (χ4n) is 2.03. The van der Waals surface area contributed by atoms with Crippen LogP contribution in [0, 0.1) is 0 Å². The normalized spacial score (nSPS) is 22.7. The van der Waals surface area contributed by atoms with Gasteiger partial charge in [-0.1, -0.05) is 31.2 Å². The van der Waals surface area contributed by atoms with Gasteiger partial charge < -0.3 is 5.32 Å². The summed E-state index contributed by atoms with van der Waals surface area (Å²) in [6.07, 6.45) is 3.51. The molecular formula is C14H22N2S2. The van der Waals surface area contributed by atoms with Crippen LogP contribution in [0.2, 0.25) is 0 Å². The standard InChI is InChI=1S/C14H22N2S2/c1-4-6-11(12-7-5-9-17-12)15-13-16-14(2,3)8-10-18-13/h5,7,9,11H,4,6,8,10H2,1-3H3,(H,15,16). The Bertz CT molecular complexity index is 396. The third kappa shape index (κ3) is 3.75. The topological polar surface area (TPSA) is 24.4 Å². The third-order valence-corrected chi connectivity index (χ3v) is 4.98. The zero-order valence-corrected chi connectivity index (χ0v) is 13.0. The van der Waals surface area contributed by atoms with Crippen molar-refractivity contribution in [3.05, 3.63) is 22.4 Å². The molecule has 1 aromatic rings. The summed E-state index contributed by atoms with van der Waals surface area (Å²) in [5, 5.41) is 6.83. The van der Waals surface area contributed by atoms with Crippen LogP contribution in [0.1, 0.15) is 51.0 Å². The molecule has 0 aromatic carbocycles. The predicted molar refractivity (Wildman–Crippen MR) is 83.7 cm³/mol. The minimum atomic E-state index is 0.191. The summed E-state index contributed by atoms with van der Waals surface area (Å²) >= 11 is 3.68. The highest BCUT2D eigenvalue weighted by Crippen LogP contribution is 2.30. The van der Waals surface area contributed by atoms with E-state index in [1.807, 2.05) is 23.1 Å². The second kappa shape index (κ2) is 6.11. The van der Waals surface area contributed by atoms with Gasteiger partial charge >= 0.3 is 0 Å². The molecule has 4 heteroatoms. The van der Waals surface area contributed by atoms with E-state index in [9.17, 15) is 0 Å². The first-order valence-electron chi connectivity index (χ1n) is 6.63. The zero-order valence-electron chi connectivity index (χ0n) is 11.4. The highest BCUT2D eigenvalue weighted by Gasteiger charge is 2.25. The molecule has 2 heterocycles. The minimum absolute atomic E-state index is 0.191. The van der Waals surface area contributed by atoms with E-state index in [-0.39, 0.29) is 5.54 Å². The fraction of sp³-hybridized carbons (Fsp3) is 0.643. The summed E-state index contributed by atoms with van der Waals surface area (Å²) in [6.45, 7) is 6.73. The quantitative estimate of drug-likeness (QED) is 0.882. The van der Waals surface area contributed by atoms with Crippen LogP contribution in [0.25, 0.3) is 0 Å². The van der Waals surface area contributed by atoms with Gasteiger partial charge in [-0.3, -0.25) is 4.99 Å². The molecule has 0 radical (unpaired) electrons. The van der Waals surface area contributed by atoms with Crippen molar-refractivity contribution in [2.75, 3.05) is 5.75 Å². The van der Waals surface area contributed by atoms with Crippen molar-refractivity contribution in [2.24, 2.45) is 4.99 Å². The van der Waals surface area contributed by atoms with Crippen LogP contribution in [0.5, 0.6) is 0 Å². The number of aliphatic imine (C=N–C) groups is 1. The maximum atomic E-state index is 4.94. The maximum Gasteiger partial charge on any atom is 0.157 e. The van der Waals surface area contributed by atoms with Crippen molar-refractivity contribution in [1.29, 1.82) is 0 Å². The van der Waals surface area contributed by atoms with E-state index in [1.54, 1.807) is 0 Å². The monoisotopic (exact) mass is 282 g/mol. The van der Waals surface area contributed by atoms with Crippen LogP contribution in [0.4, 0.5) is 0 Å². The summed E-state index contributed by atoms with van der Waals surface area (Å²) in [7, 11) is 0. The number of thioether (sulfide) groups is 1. The second-order valence-electron chi connectivity index (χ2n) is 5.36. The van der Waals surface area contributed by atoms with Gasteiger partial charge in [-0.2, -0.15) is 0 Å². The Morgan fingerprint density at radius 3 is 2.94 bits per heavy atom. The Labute approximate surface area is 118 Å². The van der Waals surface area contributed by atoms with Gasteiger partial charge in [-0.05, 0) is 38.1 Å². The van der Waals surface area contributed by atoms with Crippen LogP contribution in [0.15, 0.2) is 22.5 Å². The lowest BCUT2D eigenvalue weighted by Gasteiger charge is -2.32. The first-order valence-corrected chi connectivity index (χ1v) is 8.49. The van der Waals surface area contributed by atoms with E-state index in [0.717, 1.165) is 11.6 Å². The molecule has 1 aromatic heterocycles. The van der Waals surface area contributed by atoms with E-state index >= 15 is 0 Å². The molecule has 1 aliphatic heterocycles. The lowest BCUT2D eigenvalue weighted by Crippen LogP contribution is -2.46. The molecule has 1 unspecified atom stereocenters. The van der Waals surface area contributed by atoms with E-state index in [1.165, 1.54) is 23.5 Å². The average molecular weight is 282 g/mol. The van der Waals surface area contributed by atoms with Crippen LogP contribution in [-0.4, -0.2) is 16.5 Å². The number of nitrogens with zero attached hydrogens (tertiary/aromatic N) is 1. The van der Waals surface area contributed by atoms with Crippen LogP contribution >= 0.6 is 23.1 Å². The lowest BCUT2D eigenvalue weighted by atomic mass is 10.0. The largest absolute Gasteiger partial charge is 0.360 e. The molecule has 18 heavy (non-hydrogen) atoms. The number of hydrogen-bond donors (Lipinski definition) is 1. The van der Waals surface area contributed by atoms with Crippen molar-refractivity contribution in [3.63, 3.8) is 0 Å². The molecule has 0 saturated carbocycles. The zero-order chi connectivity index (χ0) is 13.0. The van der Waals surface area contributed by atoms with Crippen LogP contribution in [0.3, 0.4) is 0 Å². The highest BCUT2D eigenvalue weighted by molar-refractivity contribution is 8.13. The molecule has 0 spiro atoms. The lowest BCUT2D eigenvalue weighted by molar-refractivity contribution is 0.444. The summed E-state index contributed by atoms with van der Waals surface area (Å²) in [4.78, 5) is 6.33. The van der Waals surface area contributed by atoms with Gasteiger partial charge in [-0.25, -0.2) is 0 Å². The summed E-state index contributed by atoms with van der Waals surface area (Å²) in [6, 6.07) is 4.65. The fourth-order valence-corrected chi connectivity index (χ4v) is 4.18. The first-order chi connectivity index (χ1) is 8.61. The minimum Gasteiger partial charge on any atom is -0.360 e. The predicted octanol–water partition coefficient (Wildman–Crippen LogP) is 4.45. The highest BCUT2D eigenvalue weighted by atomic mass is 32.2. The van der Waals surface area contributed by atoms with Gasteiger partial charge in [0.15, 0.2) is 5.17 Å². The van der Waals surface area contributed by atoms with Crippen molar-refractivity contribution >= 4 is 28.3 Å². The molecule has 2 nitrogen and oxygen atoms in total. The smallest absolute Gasteiger partial charge is 0.157 e. The SMILES string of the molecule is CCCC(N=C1NC(C)(C)CCS1)c1cccs1. The van der Waals surface area contributed by atoms with E-state index < -0.39 is 0 Å². The maximum absolute atomic E-state index is 4.94. The number of nitrogens with one attached hydrogen (secondary N) is 1. The van der Waals surface area contributed by atoms with Crippen LogP contribution < -0.4 is 5.32 Å². The Balaban J connectivity index is 2.12. The Hall–Kier alpha value is -0.480. The molecule has 100 valence electrons. The van der Waals surface area contributed by atoms with Gasteiger partial charge in [0.1, 0.15) is 0 Å². The van der Waals surface area contributed by atoms with Crippen molar-refractivity contribution in [3.8, 4) is 0 Å². The Morgan fingerprint density at radius 2 is 2.33 bits per heavy atom. The molecule has 0 bridgehead atoms. The number of amidine groups is 1. The average Bonchev–Trinajstić information content (AvgIpc) is 2.80. The Morgan fingerprint density at radius 1 is 1.50 bits per heavy atom. The second-order valence-corrected chi connectivity index (χ2v) is 7.42. The van der Waals surface area contributed by atoms with Crippen LogP contribution in [-0.2, 0) is 0 Å². The van der Waals surface area contributed by atoms with Gasteiger partial charge in [0.2, 0.25) is 0 Å². The number of rotatable bonds is 4. The van der Waals surface area contributed by atoms with Crippen molar-refractivity contribution < 1.29 is 0 Å². The molecule has 1 atom stereocenters. The first kappa shape index (κ1) is 13.9. The molecule has 0 amide bonds. The van der Waals surface area contributed by atoms with Crippen molar-refractivity contribution in [2.45, 2.75) is 51.6 Å². The van der Waals surface area contributed by atoms with Gasteiger partial charge in [0.05, 0.1) is 6.04 Å². The Kier molecular flexibility index (Phi) is 4.73. The summed E-state index contributed by atoms with van der Waals surface area (Å²) in [5.41, 5.74) is 0.191. The van der Waals surface area contributed by atoms with E-state index in [4.69, 9.17) is 4.99 Å². The molecule has 1 saturated heterocycles. The number of thiophene rings is 1. The van der Waals surface area contributed by atoms with Gasteiger partial charge in [-0.15, -0.1) is 11.3 Å². The molecule has 0 aliphatic carbocycles. The summed E-state index contributed by atoms with van der Waals surface area (Å²) < 4.78 is 0. The van der Waals surface area contributed by atoms with E-state index in [0.29, 0.717) is 6.04 Å².